The molecule has 1 aromatic heterocycles. The molecule has 1 saturated heterocycles. The van der Waals surface area contributed by atoms with E-state index in [0.717, 1.165) is 11.1 Å². The maximum atomic E-state index is 13.4. The van der Waals surface area contributed by atoms with Gasteiger partial charge in [0.15, 0.2) is 0 Å². The Kier molecular flexibility index (Phi) is 5.56. The summed E-state index contributed by atoms with van der Waals surface area (Å²) in [6.07, 6.45) is 1.87. The lowest BCUT2D eigenvalue weighted by molar-refractivity contribution is -0.152. The number of hydrogen-bond donors (Lipinski definition) is 0. The predicted molar refractivity (Wildman–Crippen MR) is 103 cm³/mol. The summed E-state index contributed by atoms with van der Waals surface area (Å²) < 4.78 is 9.93. The zero-order valence-electron chi connectivity index (χ0n) is 17.0. The number of methoxy groups -OCH3 is 1. The van der Waals surface area contributed by atoms with Crippen molar-refractivity contribution in [2.75, 3.05) is 21.2 Å². The van der Waals surface area contributed by atoms with E-state index in [1.165, 1.54) is 13.4 Å². The molecule has 7 heteroatoms. The maximum absolute atomic E-state index is 13.4. The molecule has 1 aliphatic heterocycles. The molecule has 2 aromatic rings. The molecule has 0 aliphatic carbocycles. The minimum Gasteiger partial charge on any atom is -0.468 e. The van der Waals surface area contributed by atoms with Gasteiger partial charge in [-0.1, -0.05) is 29.4 Å². The first-order valence-corrected chi connectivity index (χ1v) is 9.30. The summed E-state index contributed by atoms with van der Waals surface area (Å²) in [5.74, 6) is -0.745. The lowest BCUT2D eigenvalue weighted by Gasteiger charge is -2.34. The number of aromatic nitrogens is 1. The number of likely N-dealkylation sites (tertiary alicyclic amines) is 1. The Morgan fingerprint density at radius 1 is 1.36 bits per heavy atom. The van der Waals surface area contributed by atoms with Crippen LogP contribution in [0.15, 0.2) is 41.1 Å². The summed E-state index contributed by atoms with van der Waals surface area (Å²) in [7, 11) is 5.02. The monoisotopic (exact) mass is 385 g/mol. The number of aryl methyl sites for hydroxylation is 1. The van der Waals surface area contributed by atoms with Crippen LogP contribution in [0.3, 0.4) is 0 Å². The van der Waals surface area contributed by atoms with Crippen molar-refractivity contribution < 1.29 is 18.8 Å². The molecule has 7 nitrogen and oxygen atoms in total. The Balaban J connectivity index is 1.97. The van der Waals surface area contributed by atoms with E-state index < -0.39 is 5.54 Å². The van der Waals surface area contributed by atoms with Crippen LogP contribution in [0.1, 0.15) is 36.2 Å². The Hall–Kier alpha value is -2.67. The van der Waals surface area contributed by atoms with Gasteiger partial charge in [-0.2, -0.15) is 0 Å². The number of nitrogens with zero attached hydrogens (tertiary/aromatic N) is 3. The highest BCUT2D eigenvalue weighted by molar-refractivity contribution is 5.86. The Bertz CT molecular complexity index is 851. The number of ether oxygens (including phenoxy) is 1. The zero-order valence-corrected chi connectivity index (χ0v) is 17.0. The van der Waals surface area contributed by atoms with Crippen LogP contribution in [0.4, 0.5) is 0 Å². The Morgan fingerprint density at radius 3 is 2.68 bits per heavy atom. The topological polar surface area (TPSA) is 75.9 Å². The molecular weight excluding hydrogens is 358 g/mol. The minimum absolute atomic E-state index is 0.0317. The zero-order chi connectivity index (χ0) is 20.5. The molecule has 1 aromatic carbocycles. The third kappa shape index (κ3) is 3.42. The van der Waals surface area contributed by atoms with E-state index >= 15 is 0 Å². The first-order chi connectivity index (χ1) is 13.3. The quantitative estimate of drug-likeness (QED) is 0.737. The van der Waals surface area contributed by atoms with Crippen LogP contribution < -0.4 is 0 Å². The third-order valence-corrected chi connectivity index (χ3v) is 5.91. The number of esters is 1. The van der Waals surface area contributed by atoms with Crippen molar-refractivity contribution in [2.45, 2.75) is 38.4 Å². The largest absolute Gasteiger partial charge is 0.468 e. The highest BCUT2D eigenvalue weighted by atomic mass is 16.5. The fourth-order valence-electron chi connectivity index (χ4n) is 4.20. The number of carbonyl (C=O) groups is 2. The fourth-order valence-corrected chi connectivity index (χ4v) is 4.20. The molecule has 150 valence electrons. The van der Waals surface area contributed by atoms with Crippen molar-refractivity contribution in [3.05, 3.63) is 53.4 Å². The highest BCUT2D eigenvalue weighted by Crippen LogP contribution is 2.47. The van der Waals surface area contributed by atoms with Gasteiger partial charge in [0, 0.05) is 19.2 Å². The molecule has 1 aliphatic rings. The molecule has 3 rings (SSSR count). The van der Waals surface area contributed by atoms with Gasteiger partial charge in [-0.05, 0) is 38.4 Å². The molecule has 3 atom stereocenters. The summed E-state index contributed by atoms with van der Waals surface area (Å²) in [6.45, 7) is 4.22. The van der Waals surface area contributed by atoms with Crippen molar-refractivity contribution in [1.82, 2.24) is 15.0 Å². The van der Waals surface area contributed by atoms with Crippen LogP contribution in [0.25, 0.3) is 0 Å². The molecule has 0 radical (unpaired) electrons. The Labute approximate surface area is 165 Å². The summed E-state index contributed by atoms with van der Waals surface area (Å²) in [4.78, 5) is 29.6. The summed E-state index contributed by atoms with van der Waals surface area (Å²) in [5.41, 5.74) is 1.94. The van der Waals surface area contributed by atoms with Crippen LogP contribution in [0, 0.1) is 12.8 Å². The molecule has 0 spiro atoms. The molecule has 0 unspecified atom stereocenters. The number of benzene rings is 1. The number of carbonyl (C=O) groups excluding carboxylic acids is 2. The normalized spacial score (nSPS) is 24.9. The summed E-state index contributed by atoms with van der Waals surface area (Å²) in [6, 6.07) is 9.50. The molecule has 1 amide bonds. The van der Waals surface area contributed by atoms with Crippen LogP contribution in [0.5, 0.6) is 0 Å². The van der Waals surface area contributed by atoms with E-state index in [0.29, 0.717) is 18.7 Å². The van der Waals surface area contributed by atoms with Gasteiger partial charge >= 0.3 is 5.97 Å². The highest BCUT2D eigenvalue weighted by Gasteiger charge is 2.55. The smallest absolute Gasteiger partial charge is 0.326 e. The molecule has 0 N–H and O–H groups in total. The van der Waals surface area contributed by atoms with Crippen LogP contribution in [-0.2, 0) is 20.9 Å². The van der Waals surface area contributed by atoms with Crippen LogP contribution in [-0.4, -0.2) is 53.6 Å². The molecule has 1 fully saturated rings. The number of rotatable bonds is 5. The second-order valence-electron chi connectivity index (χ2n) is 7.67. The van der Waals surface area contributed by atoms with Crippen molar-refractivity contribution >= 4 is 11.9 Å². The van der Waals surface area contributed by atoms with Gasteiger partial charge in [-0.15, -0.1) is 0 Å². The van der Waals surface area contributed by atoms with Crippen molar-refractivity contribution in [1.29, 1.82) is 0 Å². The van der Waals surface area contributed by atoms with E-state index in [1.807, 2.05) is 50.1 Å². The first kappa shape index (κ1) is 20.1. The van der Waals surface area contributed by atoms with E-state index in [4.69, 9.17) is 9.26 Å². The van der Waals surface area contributed by atoms with Gasteiger partial charge < -0.3 is 14.2 Å². The van der Waals surface area contributed by atoms with E-state index in [2.05, 4.69) is 5.16 Å². The van der Waals surface area contributed by atoms with Crippen molar-refractivity contribution in [2.24, 2.45) is 5.92 Å². The van der Waals surface area contributed by atoms with Crippen molar-refractivity contribution in [3.63, 3.8) is 0 Å². The molecule has 28 heavy (non-hydrogen) atoms. The van der Waals surface area contributed by atoms with Gasteiger partial charge in [0.25, 0.3) is 0 Å². The van der Waals surface area contributed by atoms with E-state index in [-0.39, 0.29) is 23.8 Å². The standard InChI is InChI=1S/C21H27N3O4/c1-14-8-6-7-9-16(14)18-17(12-21(2,24(18)4)20(26)27-5)19(25)23(3)13-15-10-11-28-22-15/h6-11,17-18H,12-13H2,1-5H3/t17-,18-,21-/m0/s1. The predicted octanol–water partition coefficient (Wildman–Crippen LogP) is 2.57. The number of likely N-dealkylation sites (N-methyl/N-ethyl adjacent to an activating group) is 1. The minimum atomic E-state index is -0.878. The third-order valence-electron chi connectivity index (χ3n) is 5.91. The van der Waals surface area contributed by atoms with Crippen LogP contribution >= 0.6 is 0 Å². The second kappa shape index (κ2) is 7.75. The second-order valence-corrected chi connectivity index (χ2v) is 7.67. The van der Waals surface area contributed by atoms with Gasteiger partial charge in [-0.25, -0.2) is 0 Å². The average Bonchev–Trinajstić information content (AvgIpc) is 3.28. The van der Waals surface area contributed by atoms with Gasteiger partial charge in [0.2, 0.25) is 5.91 Å². The molecule has 0 bridgehead atoms. The van der Waals surface area contributed by atoms with Crippen LogP contribution in [0.2, 0.25) is 0 Å². The Morgan fingerprint density at radius 2 is 2.07 bits per heavy atom. The van der Waals surface area contributed by atoms with E-state index in [9.17, 15) is 9.59 Å². The fraction of sp³-hybridized carbons (Fsp3) is 0.476. The maximum Gasteiger partial charge on any atom is 0.326 e. The lowest BCUT2D eigenvalue weighted by Crippen LogP contribution is -2.47. The SMILES string of the molecule is COC(=O)[C@]1(C)C[C@H](C(=O)N(C)Cc2ccon2)[C@H](c2ccccc2C)N1C. The molecular formula is C21H27N3O4. The first-order valence-electron chi connectivity index (χ1n) is 9.30. The van der Waals surface area contributed by atoms with Gasteiger partial charge in [-0.3, -0.25) is 14.5 Å². The molecule has 0 saturated carbocycles. The number of hydrogen-bond acceptors (Lipinski definition) is 6. The summed E-state index contributed by atoms with van der Waals surface area (Å²) in [5, 5.41) is 3.89. The van der Waals surface area contributed by atoms with Crippen molar-refractivity contribution in [3.8, 4) is 0 Å². The average molecular weight is 385 g/mol. The van der Waals surface area contributed by atoms with Gasteiger partial charge in [0.05, 0.1) is 19.6 Å². The number of amides is 1. The lowest BCUT2D eigenvalue weighted by atomic mass is 9.87. The summed E-state index contributed by atoms with van der Waals surface area (Å²) >= 11 is 0. The van der Waals surface area contributed by atoms with Gasteiger partial charge in [0.1, 0.15) is 17.5 Å². The molecule has 2 heterocycles. The van der Waals surface area contributed by atoms with E-state index in [1.54, 1.807) is 18.0 Å².